The Balaban J connectivity index is 2.14. The summed E-state index contributed by atoms with van der Waals surface area (Å²) in [5.74, 6) is 0.869. The molecule has 1 aliphatic rings. The number of hydrogen-bond acceptors (Lipinski definition) is 3. The van der Waals surface area contributed by atoms with Crippen molar-refractivity contribution in [1.29, 1.82) is 0 Å². The van der Waals surface area contributed by atoms with Crippen molar-refractivity contribution >= 4 is 0 Å². The van der Waals surface area contributed by atoms with Gasteiger partial charge < -0.3 is 10.1 Å². The molecule has 1 aliphatic carbocycles. The van der Waals surface area contributed by atoms with E-state index in [0.29, 0.717) is 0 Å². The van der Waals surface area contributed by atoms with Crippen LogP contribution in [0.1, 0.15) is 43.8 Å². The van der Waals surface area contributed by atoms with Gasteiger partial charge >= 0.3 is 0 Å². The normalized spacial score (nSPS) is 17.1. The number of nitrogens with one attached hydrogen (secondary N) is 1. The van der Waals surface area contributed by atoms with Crippen LogP contribution in [0.3, 0.4) is 0 Å². The highest BCUT2D eigenvalue weighted by Crippen LogP contribution is 2.30. The minimum absolute atomic E-state index is 0.241. The fourth-order valence-corrected chi connectivity index (χ4v) is 2.52. The van der Waals surface area contributed by atoms with E-state index in [1.165, 1.54) is 25.7 Å². The molecule has 2 rings (SSSR count). The van der Waals surface area contributed by atoms with Crippen molar-refractivity contribution in [1.82, 2.24) is 10.3 Å². The lowest BCUT2D eigenvalue weighted by atomic mass is 9.93. The van der Waals surface area contributed by atoms with E-state index in [2.05, 4.69) is 16.4 Å². The molecular formula is C15H22N2O. The second kappa shape index (κ2) is 6.55. The largest absolute Gasteiger partial charge is 0.495 e. The molecule has 0 spiro atoms. The average Bonchev–Trinajstić information content (AvgIpc) is 2.46. The number of rotatable bonds is 5. The highest BCUT2D eigenvalue weighted by Gasteiger charge is 2.17. The van der Waals surface area contributed by atoms with Crippen molar-refractivity contribution in [3.8, 4) is 5.75 Å². The summed E-state index contributed by atoms with van der Waals surface area (Å²) in [5.41, 5.74) is 2.56. The summed E-state index contributed by atoms with van der Waals surface area (Å²) >= 11 is 0. The third-order valence-electron chi connectivity index (χ3n) is 3.55. The molecule has 0 aliphatic heterocycles. The Labute approximate surface area is 109 Å². The molecule has 3 nitrogen and oxygen atoms in total. The van der Waals surface area contributed by atoms with Gasteiger partial charge in [0.15, 0.2) is 0 Å². The lowest BCUT2D eigenvalue weighted by Gasteiger charge is -2.21. The van der Waals surface area contributed by atoms with Crippen LogP contribution in [0.2, 0.25) is 0 Å². The van der Waals surface area contributed by atoms with Gasteiger partial charge in [-0.3, -0.25) is 4.98 Å². The van der Waals surface area contributed by atoms with E-state index in [1.807, 2.05) is 25.4 Å². The fraction of sp³-hybridized carbons (Fsp3) is 0.533. The predicted molar refractivity (Wildman–Crippen MR) is 73.8 cm³/mol. The first-order valence-corrected chi connectivity index (χ1v) is 6.69. The molecule has 0 amide bonds. The first-order valence-electron chi connectivity index (χ1n) is 6.69. The molecule has 1 aromatic heterocycles. The number of ether oxygens (including phenoxy) is 1. The van der Waals surface area contributed by atoms with Crippen LogP contribution in [0, 0.1) is 0 Å². The average molecular weight is 246 g/mol. The van der Waals surface area contributed by atoms with Gasteiger partial charge in [-0.15, -0.1) is 0 Å². The summed E-state index contributed by atoms with van der Waals surface area (Å²) in [6.45, 7) is 0. The molecule has 0 bridgehead atoms. The van der Waals surface area contributed by atoms with Crippen molar-refractivity contribution in [2.24, 2.45) is 0 Å². The molecule has 1 N–H and O–H groups in total. The number of allylic oxidation sites excluding steroid dienone is 1. The van der Waals surface area contributed by atoms with E-state index in [-0.39, 0.29) is 6.04 Å². The van der Waals surface area contributed by atoms with E-state index in [0.717, 1.165) is 17.9 Å². The highest BCUT2D eigenvalue weighted by atomic mass is 16.5. The molecular weight excluding hydrogens is 224 g/mol. The third kappa shape index (κ3) is 3.10. The standard InChI is InChI=1S/C15H22N2O/c1-16-13(11-12-7-4-3-5-8-12)15-14(18-2)9-6-10-17-15/h6-7,9-10,13,16H,3-5,8,11H2,1-2H3. The number of pyridine rings is 1. The molecule has 3 heteroatoms. The number of aromatic nitrogens is 1. The maximum atomic E-state index is 5.40. The molecule has 1 aromatic rings. The number of methoxy groups -OCH3 is 1. The lowest BCUT2D eigenvalue weighted by molar-refractivity contribution is 0.395. The second-order valence-corrected chi connectivity index (χ2v) is 4.74. The summed E-state index contributed by atoms with van der Waals surface area (Å²) in [6.07, 6.45) is 10.4. The quantitative estimate of drug-likeness (QED) is 0.810. The van der Waals surface area contributed by atoms with Crippen LogP contribution in [0.25, 0.3) is 0 Å². The summed E-state index contributed by atoms with van der Waals surface area (Å²) in [6, 6.07) is 4.13. The summed E-state index contributed by atoms with van der Waals surface area (Å²) < 4.78 is 5.40. The van der Waals surface area contributed by atoms with Crippen molar-refractivity contribution in [2.75, 3.05) is 14.2 Å². The zero-order chi connectivity index (χ0) is 12.8. The van der Waals surface area contributed by atoms with Crippen LogP contribution >= 0.6 is 0 Å². The van der Waals surface area contributed by atoms with E-state index in [1.54, 1.807) is 12.7 Å². The molecule has 18 heavy (non-hydrogen) atoms. The van der Waals surface area contributed by atoms with E-state index in [9.17, 15) is 0 Å². The SMILES string of the molecule is CNC(CC1=CCCCC1)c1ncccc1OC. The summed E-state index contributed by atoms with van der Waals surface area (Å²) in [7, 11) is 3.69. The van der Waals surface area contributed by atoms with Gasteiger partial charge in [-0.2, -0.15) is 0 Å². The molecule has 98 valence electrons. The van der Waals surface area contributed by atoms with Crippen LogP contribution in [0.5, 0.6) is 5.75 Å². The molecule has 0 radical (unpaired) electrons. The Morgan fingerprint density at radius 2 is 2.33 bits per heavy atom. The minimum atomic E-state index is 0.241. The predicted octanol–water partition coefficient (Wildman–Crippen LogP) is 3.24. The van der Waals surface area contributed by atoms with Gasteiger partial charge in [0.1, 0.15) is 5.75 Å². The Bertz CT molecular complexity index is 415. The van der Waals surface area contributed by atoms with Gasteiger partial charge in [0, 0.05) is 6.20 Å². The van der Waals surface area contributed by atoms with Crippen molar-refractivity contribution in [3.63, 3.8) is 0 Å². The molecule has 1 heterocycles. The van der Waals surface area contributed by atoms with E-state index < -0.39 is 0 Å². The van der Waals surface area contributed by atoms with Crippen LogP contribution in [0.4, 0.5) is 0 Å². The van der Waals surface area contributed by atoms with Crippen molar-refractivity contribution in [3.05, 3.63) is 35.7 Å². The molecule has 0 aromatic carbocycles. The Kier molecular flexibility index (Phi) is 4.76. The van der Waals surface area contributed by atoms with Crippen molar-refractivity contribution < 1.29 is 4.74 Å². The van der Waals surface area contributed by atoms with Gasteiger partial charge in [0.25, 0.3) is 0 Å². The number of hydrogen-bond donors (Lipinski definition) is 1. The highest BCUT2D eigenvalue weighted by molar-refractivity contribution is 5.30. The smallest absolute Gasteiger partial charge is 0.141 e. The van der Waals surface area contributed by atoms with Crippen LogP contribution in [-0.2, 0) is 0 Å². The zero-order valence-electron chi connectivity index (χ0n) is 11.3. The lowest BCUT2D eigenvalue weighted by Crippen LogP contribution is -2.19. The van der Waals surface area contributed by atoms with Gasteiger partial charge in [0.05, 0.1) is 18.8 Å². The Morgan fingerprint density at radius 1 is 1.44 bits per heavy atom. The van der Waals surface area contributed by atoms with E-state index >= 15 is 0 Å². The van der Waals surface area contributed by atoms with Crippen LogP contribution in [0.15, 0.2) is 30.0 Å². The van der Waals surface area contributed by atoms with Gasteiger partial charge in [-0.25, -0.2) is 0 Å². The monoisotopic (exact) mass is 246 g/mol. The molecule has 0 fully saturated rings. The maximum absolute atomic E-state index is 5.40. The van der Waals surface area contributed by atoms with Gasteiger partial charge in [0.2, 0.25) is 0 Å². The van der Waals surface area contributed by atoms with Crippen LogP contribution < -0.4 is 10.1 Å². The Hall–Kier alpha value is -1.35. The first-order chi connectivity index (χ1) is 8.85. The summed E-state index contributed by atoms with van der Waals surface area (Å²) in [5, 5.41) is 3.36. The molecule has 0 saturated carbocycles. The molecule has 0 saturated heterocycles. The fourth-order valence-electron chi connectivity index (χ4n) is 2.52. The van der Waals surface area contributed by atoms with Crippen LogP contribution in [-0.4, -0.2) is 19.1 Å². The van der Waals surface area contributed by atoms with E-state index in [4.69, 9.17) is 4.74 Å². The topological polar surface area (TPSA) is 34.2 Å². The number of nitrogens with zero attached hydrogens (tertiary/aromatic N) is 1. The Morgan fingerprint density at radius 3 is 3.00 bits per heavy atom. The van der Waals surface area contributed by atoms with Gasteiger partial charge in [-0.05, 0) is 51.3 Å². The van der Waals surface area contributed by atoms with Crippen molar-refractivity contribution in [2.45, 2.75) is 38.1 Å². The first kappa shape index (κ1) is 13.1. The maximum Gasteiger partial charge on any atom is 0.141 e. The van der Waals surface area contributed by atoms with Gasteiger partial charge in [-0.1, -0.05) is 11.6 Å². The zero-order valence-corrected chi connectivity index (χ0v) is 11.3. The molecule has 1 atom stereocenters. The summed E-state index contributed by atoms with van der Waals surface area (Å²) in [4.78, 5) is 4.47. The molecule has 1 unspecified atom stereocenters. The second-order valence-electron chi connectivity index (χ2n) is 4.74. The third-order valence-corrected chi connectivity index (χ3v) is 3.55. The minimum Gasteiger partial charge on any atom is -0.495 e.